The lowest BCUT2D eigenvalue weighted by atomic mass is 9.71. The van der Waals surface area contributed by atoms with Crippen LogP contribution in [0.25, 0.3) is 22.3 Å². The molecule has 9 heteroatoms. The molecule has 3 fully saturated rings. The number of likely N-dealkylation sites (tertiary alicyclic amines) is 1. The number of primary amides is 1. The number of fused-ring (bicyclic) bond motifs is 2. The molecule has 2 amide bonds. The van der Waals surface area contributed by atoms with Crippen molar-refractivity contribution in [3.05, 3.63) is 65.5 Å². The molecule has 0 atom stereocenters. The van der Waals surface area contributed by atoms with Gasteiger partial charge < -0.3 is 20.5 Å². The summed E-state index contributed by atoms with van der Waals surface area (Å²) in [5.41, 5.74) is 12.9. The summed E-state index contributed by atoms with van der Waals surface area (Å²) in [5, 5.41) is 3.50. The highest BCUT2D eigenvalue weighted by Gasteiger charge is 2.54. The maximum atomic E-state index is 14.0. The van der Waals surface area contributed by atoms with Gasteiger partial charge in [0.05, 0.1) is 23.0 Å². The van der Waals surface area contributed by atoms with Crippen LogP contribution in [0.5, 0.6) is 0 Å². The number of benzene rings is 2. The molecule has 2 aromatic heterocycles. The minimum Gasteiger partial charge on any atom is -0.366 e. The Morgan fingerprint density at radius 3 is 2.46 bits per heavy atom. The molecule has 0 unspecified atom stereocenters. The Kier molecular flexibility index (Phi) is 6.59. The van der Waals surface area contributed by atoms with E-state index in [9.17, 15) is 9.59 Å². The summed E-state index contributed by atoms with van der Waals surface area (Å²) >= 11 is 0. The van der Waals surface area contributed by atoms with Crippen LogP contribution in [0.1, 0.15) is 93.2 Å². The zero-order valence-corrected chi connectivity index (χ0v) is 27.3. The van der Waals surface area contributed by atoms with Gasteiger partial charge in [-0.3, -0.25) is 14.5 Å². The van der Waals surface area contributed by atoms with Crippen LogP contribution >= 0.6 is 0 Å². The van der Waals surface area contributed by atoms with Gasteiger partial charge in [0.25, 0.3) is 0 Å². The van der Waals surface area contributed by atoms with Crippen molar-refractivity contribution in [3.8, 4) is 11.3 Å². The smallest absolute Gasteiger partial charge is 0.249 e. The Balaban J connectivity index is 1.17. The number of carbonyl (C=O) groups is 2. The van der Waals surface area contributed by atoms with Crippen LogP contribution in [0.4, 0.5) is 17.2 Å². The first-order valence-electron chi connectivity index (χ1n) is 16.8. The minimum absolute atomic E-state index is 0.160. The lowest BCUT2D eigenvalue weighted by Crippen LogP contribution is -2.64. The lowest BCUT2D eigenvalue weighted by Gasteiger charge is -2.55. The number of nitrogens with zero attached hydrogens (tertiary/aromatic N) is 5. The predicted molar refractivity (Wildman–Crippen MR) is 182 cm³/mol. The average molecular weight is 618 g/mol. The number of nitrogens with one attached hydrogen (secondary N) is 1. The maximum Gasteiger partial charge on any atom is 0.249 e. The van der Waals surface area contributed by atoms with Crippen LogP contribution in [0.15, 0.2) is 48.8 Å². The van der Waals surface area contributed by atoms with E-state index >= 15 is 0 Å². The summed E-state index contributed by atoms with van der Waals surface area (Å²) in [6.07, 6.45) is 10.00. The fourth-order valence-corrected chi connectivity index (χ4v) is 8.16. The second-order valence-corrected chi connectivity index (χ2v) is 14.8. The van der Waals surface area contributed by atoms with Crippen LogP contribution in [0.2, 0.25) is 0 Å². The van der Waals surface area contributed by atoms with E-state index in [2.05, 4.69) is 58.7 Å². The Morgan fingerprint density at radius 1 is 0.978 bits per heavy atom. The van der Waals surface area contributed by atoms with Crippen molar-refractivity contribution >= 4 is 40.0 Å². The Morgan fingerprint density at radius 2 is 1.74 bits per heavy atom. The number of carbonyl (C=O) groups excluding carboxylic acids is 2. The second-order valence-electron chi connectivity index (χ2n) is 14.8. The first kappa shape index (κ1) is 29.2. The number of hydrogen-bond donors (Lipinski definition) is 2. The standard InChI is InChI=1S/C37H43N7O2/c1-22-8-10-24(17-27(22)33(38)45)40-34-32-30(39-21-43(32)25-11-12-25)18-29(41-34)23-9-13-28-31(16-23)44(35(46)36(28,2)3)26-19-37(4,20-26)42-14-6-5-7-15-42/h8-10,13,16-18,21,25-26H,5-7,11-12,14-15,19-20H2,1-4H3,(H2,38,45)(H,40,41). The summed E-state index contributed by atoms with van der Waals surface area (Å²) in [5.74, 6) is 0.407. The largest absolute Gasteiger partial charge is 0.366 e. The van der Waals surface area contributed by atoms with E-state index < -0.39 is 11.3 Å². The highest BCUT2D eigenvalue weighted by Crippen LogP contribution is 2.50. The summed E-state index contributed by atoms with van der Waals surface area (Å²) in [6, 6.07) is 14.6. The maximum absolute atomic E-state index is 14.0. The Hall–Kier alpha value is -4.24. The molecule has 238 valence electrons. The van der Waals surface area contributed by atoms with Crippen LogP contribution in [0.3, 0.4) is 0 Å². The molecular formula is C37H43N7O2. The SMILES string of the molecule is Cc1ccc(Nc2nc(-c3ccc4c(c3)N(C3CC(C)(N5CCCCC5)C3)C(=O)C4(C)C)cc3ncn(C4CC4)c23)cc1C(N)=O. The zero-order chi connectivity index (χ0) is 32.0. The first-order chi connectivity index (χ1) is 22.0. The molecule has 4 heterocycles. The van der Waals surface area contributed by atoms with Gasteiger partial charge in [0.15, 0.2) is 5.82 Å². The number of hydrogen-bond acceptors (Lipinski definition) is 6. The van der Waals surface area contributed by atoms with Crippen molar-refractivity contribution in [2.24, 2.45) is 5.73 Å². The van der Waals surface area contributed by atoms with E-state index in [0.717, 1.165) is 83.6 Å². The van der Waals surface area contributed by atoms with Crippen molar-refractivity contribution in [3.63, 3.8) is 0 Å². The fourth-order valence-electron chi connectivity index (χ4n) is 8.16. The molecule has 0 spiro atoms. The normalized spacial score (nSPS) is 24.2. The van der Waals surface area contributed by atoms with E-state index in [1.807, 2.05) is 31.5 Å². The third kappa shape index (κ3) is 4.62. The summed E-state index contributed by atoms with van der Waals surface area (Å²) in [7, 11) is 0. The van der Waals surface area contributed by atoms with Gasteiger partial charge in [0.1, 0.15) is 5.52 Å². The molecule has 0 bridgehead atoms. The van der Waals surface area contributed by atoms with Gasteiger partial charge in [-0.2, -0.15) is 0 Å². The molecule has 2 aliphatic carbocycles. The minimum atomic E-state index is -0.582. The van der Waals surface area contributed by atoms with Gasteiger partial charge in [0.2, 0.25) is 11.8 Å². The van der Waals surface area contributed by atoms with Crippen molar-refractivity contribution in [2.75, 3.05) is 23.3 Å². The van der Waals surface area contributed by atoms with Crippen LogP contribution in [-0.2, 0) is 10.2 Å². The van der Waals surface area contributed by atoms with E-state index in [1.54, 1.807) is 6.07 Å². The molecule has 2 saturated carbocycles. The number of aromatic nitrogens is 3. The van der Waals surface area contributed by atoms with E-state index in [4.69, 9.17) is 15.7 Å². The number of imidazole rings is 1. The molecule has 2 aromatic carbocycles. The number of amides is 2. The van der Waals surface area contributed by atoms with Gasteiger partial charge in [0, 0.05) is 40.1 Å². The van der Waals surface area contributed by atoms with Crippen molar-refractivity contribution in [1.29, 1.82) is 0 Å². The van der Waals surface area contributed by atoms with Gasteiger partial charge in [-0.15, -0.1) is 0 Å². The number of anilines is 3. The predicted octanol–water partition coefficient (Wildman–Crippen LogP) is 6.62. The van der Waals surface area contributed by atoms with Crippen LogP contribution < -0.4 is 16.0 Å². The fraction of sp³-hybridized carbons (Fsp3) is 0.459. The molecule has 4 aliphatic rings. The topological polar surface area (TPSA) is 109 Å². The average Bonchev–Trinajstić information content (AvgIpc) is 3.75. The van der Waals surface area contributed by atoms with E-state index in [1.165, 1.54) is 19.3 Å². The molecule has 46 heavy (non-hydrogen) atoms. The van der Waals surface area contributed by atoms with Crippen LogP contribution in [-0.4, -0.2) is 55.9 Å². The van der Waals surface area contributed by atoms with E-state index in [-0.39, 0.29) is 17.5 Å². The highest BCUT2D eigenvalue weighted by molar-refractivity contribution is 6.09. The number of nitrogens with two attached hydrogens (primary N) is 1. The third-order valence-electron chi connectivity index (χ3n) is 11.1. The van der Waals surface area contributed by atoms with Gasteiger partial charge in [-0.05, 0) is 115 Å². The van der Waals surface area contributed by atoms with Gasteiger partial charge in [-0.25, -0.2) is 9.97 Å². The molecule has 2 aliphatic heterocycles. The van der Waals surface area contributed by atoms with Crippen LogP contribution in [0, 0.1) is 6.92 Å². The first-order valence-corrected chi connectivity index (χ1v) is 16.8. The van der Waals surface area contributed by atoms with Gasteiger partial charge in [-0.1, -0.05) is 24.6 Å². The summed E-state index contributed by atoms with van der Waals surface area (Å²) in [6.45, 7) is 10.7. The number of pyridine rings is 1. The molecule has 8 rings (SSSR count). The Labute approximate surface area is 270 Å². The van der Waals surface area contributed by atoms with Gasteiger partial charge >= 0.3 is 0 Å². The zero-order valence-electron chi connectivity index (χ0n) is 27.3. The second kappa shape index (κ2) is 10.4. The lowest BCUT2D eigenvalue weighted by molar-refractivity contribution is -0.123. The summed E-state index contributed by atoms with van der Waals surface area (Å²) < 4.78 is 2.21. The molecule has 3 N–H and O–H groups in total. The summed E-state index contributed by atoms with van der Waals surface area (Å²) in [4.78, 5) is 40.8. The monoisotopic (exact) mass is 617 g/mol. The highest BCUT2D eigenvalue weighted by atomic mass is 16.2. The molecule has 0 radical (unpaired) electrons. The number of rotatable bonds is 7. The van der Waals surface area contributed by atoms with Crippen molar-refractivity contribution < 1.29 is 9.59 Å². The van der Waals surface area contributed by atoms with Crippen molar-refractivity contribution in [1.82, 2.24) is 19.4 Å². The molecule has 9 nitrogen and oxygen atoms in total. The Bertz CT molecular complexity index is 1890. The quantitative estimate of drug-likeness (QED) is 0.241. The molecular weight excluding hydrogens is 574 g/mol. The third-order valence-corrected chi connectivity index (χ3v) is 11.1. The molecule has 4 aromatic rings. The number of piperidine rings is 1. The number of aryl methyl sites for hydroxylation is 1. The van der Waals surface area contributed by atoms with Crippen molar-refractivity contribution in [2.45, 2.75) is 95.7 Å². The molecule has 1 saturated heterocycles. The van der Waals surface area contributed by atoms with E-state index in [0.29, 0.717) is 17.4 Å².